The zero-order valence-corrected chi connectivity index (χ0v) is 11.4. The van der Waals surface area contributed by atoms with Crippen LogP contribution in [0, 0.1) is 6.92 Å². The second-order valence-corrected chi connectivity index (χ2v) is 4.72. The molecule has 2 rings (SSSR count). The molecule has 0 aliphatic rings. The molecule has 0 fully saturated rings. The average molecular weight is 260 g/mol. The van der Waals surface area contributed by atoms with Gasteiger partial charge in [0.25, 0.3) is 0 Å². The SMILES string of the molecule is Cc1cnc(CN(C)C(CCO)c2ccccc2)o1. The fourth-order valence-electron chi connectivity index (χ4n) is 2.24. The normalized spacial score (nSPS) is 12.8. The monoisotopic (exact) mass is 260 g/mol. The summed E-state index contributed by atoms with van der Waals surface area (Å²) in [6.07, 6.45) is 2.42. The number of oxazole rings is 1. The fraction of sp³-hybridized carbons (Fsp3) is 0.400. The Balaban J connectivity index is 2.10. The summed E-state index contributed by atoms with van der Waals surface area (Å²) in [5, 5.41) is 9.25. The molecule has 1 aromatic heterocycles. The zero-order valence-electron chi connectivity index (χ0n) is 11.4. The Bertz CT molecular complexity index is 496. The molecule has 0 aliphatic heterocycles. The summed E-state index contributed by atoms with van der Waals surface area (Å²) in [6, 6.07) is 10.4. The Labute approximate surface area is 113 Å². The van der Waals surface area contributed by atoms with Crippen LogP contribution in [-0.4, -0.2) is 28.6 Å². The minimum Gasteiger partial charge on any atom is -0.445 e. The van der Waals surface area contributed by atoms with Crippen molar-refractivity contribution in [2.45, 2.75) is 25.9 Å². The molecule has 0 spiro atoms. The third kappa shape index (κ3) is 3.66. The maximum Gasteiger partial charge on any atom is 0.208 e. The molecule has 0 saturated carbocycles. The highest BCUT2D eigenvalue weighted by atomic mass is 16.4. The number of aromatic nitrogens is 1. The van der Waals surface area contributed by atoms with Crippen LogP contribution in [0.3, 0.4) is 0 Å². The summed E-state index contributed by atoms with van der Waals surface area (Å²) < 4.78 is 5.50. The van der Waals surface area contributed by atoms with Gasteiger partial charge in [-0.05, 0) is 26.0 Å². The third-order valence-electron chi connectivity index (χ3n) is 3.17. The van der Waals surface area contributed by atoms with Crippen LogP contribution in [0.5, 0.6) is 0 Å². The summed E-state index contributed by atoms with van der Waals surface area (Å²) in [5.41, 5.74) is 1.20. The molecule has 1 unspecified atom stereocenters. The van der Waals surface area contributed by atoms with Crippen LogP contribution in [0.4, 0.5) is 0 Å². The van der Waals surface area contributed by atoms with Gasteiger partial charge in [-0.15, -0.1) is 0 Å². The number of aryl methyl sites for hydroxylation is 1. The van der Waals surface area contributed by atoms with Gasteiger partial charge in [-0.3, -0.25) is 4.90 Å². The first-order chi connectivity index (χ1) is 9.20. The Morgan fingerprint density at radius 3 is 2.63 bits per heavy atom. The zero-order chi connectivity index (χ0) is 13.7. The molecule has 0 bridgehead atoms. The second kappa shape index (κ2) is 6.50. The van der Waals surface area contributed by atoms with Crippen molar-refractivity contribution in [3.05, 3.63) is 53.7 Å². The summed E-state index contributed by atoms with van der Waals surface area (Å²) in [6.45, 7) is 2.68. The predicted molar refractivity (Wildman–Crippen MR) is 73.6 cm³/mol. The predicted octanol–water partition coefficient (Wildman–Crippen LogP) is 2.54. The van der Waals surface area contributed by atoms with E-state index in [1.54, 1.807) is 6.20 Å². The van der Waals surface area contributed by atoms with Gasteiger partial charge in [-0.2, -0.15) is 0 Å². The molecule has 4 nitrogen and oxygen atoms in total. The number of hydrogen-bond donors (Lipinski definition) is 1. The third-order valence-corrected chi connectivity index (χ3v) is 3.17. The molecule has 19 heavy (non-hydrogen) atoms. The lowest BCUT2D eigenvalue weighted by Crippen LogP contribution is -2.25. The van der Waals surface area contributed by atoms with Gasteiger partial charge in [0.1, 0.15) is 5.76 Å². The lowest BCUT2D eigenvalue weighted by atomic mass is 10.0. The summed E-state index contributed by atoms with van der Waals surface area (Å²) >= 11 is 0. The molecule has 1 aromatic carbocycles. The number of rotatable bonds is 6. The highest BCUT2D eigenvalue weighted by molar-refractivity contribution is 5.19. The molecule has 0 aliphatic carbocycles. The van der Waals surface area contributed by atoms with E-state index in [0.717, 1.165) is 5.76 Å². The first-order valence-corrected chi connectivity index (χ1v) is 6.48. The number of aliphatic hydroxyl groups excluding tert-OH is 1. The molecule has 4 heteroatoms. The lowest BCUT2D eigenvalue weighted by molar-refractivity contribution is 0.168. The molecule has 0 amide bonds. The Kier molecular flexibility index (Phi) is 4.71. The largest absolute Gasteiger partial charge is 0.445 e. The van der Waals surface area contributed by atoms with Gasteiger partial charge in [0.15, 0.2) is 0 Å². The molecular formula is C15H20N2O2. The fourth-order valence-corrected chi connectivity index (χ4v) is 2.24. The van der Waals surface area contributed by atoms with E-state index in [2.05, 4.69) is 22.0 Å². The Morgan fingerprint density at radius 1 is 1.32 bits per heavy atom. The van der Waals surface area contributed by atoms with Crippen molar-refractivity contribution in [1.29, 1.82) is 0 Å². The number of benzene rings is 1. The first kappa shape index (κ1) is 13.8. The molecule has 2 aromatic rings. The highest BCUT2D eigenvalue weighted by Crippen LogP contribution is 2.24. The van der Waals surface area contributed by atoms with Crippen LogP contribution in [0.2, 0.25) is 0 Å². The maximum absolute atomic E-state index is 9.25. The summed E-state index contributed by atoms with van der Waals surface area (Å²) in [4.78, 5) is 6.37. The number of aliphatic hydroxyl groups is 1. The maximum atomic E-state index is 9.25. The standard InChI is InChI=1S/C15H20N2O2/c1-12-10-16-15(19-12)11-17(2)14(8-9-18)13-6-4-3-5-7-13/h3-7,10,14,18H,8-9,11H2,1-2H3. The van der Waals surface area contributed by atoms with Crippen molar-refractivity contribution in [2.75, 3.05) is 13.7 Å². The topological polar surface area (TPSA) is 49.5 Å². The van der Waals surface area contributed by atoms with Crippen molar-refractivity contribution in [3.8, 4) is 0 Å². The Morgan fingerprint density at radius 2 is 2.05 bits per heavy atom. The van der Waals surface area contributed by atoms with E-state index in [4.69, 9.17) is 4.42 Å². The average Bonchev–Trinajstić information content (AvgIpc) is 2.82. The molecule has 102 valence electrons. The van der Waals surface area contributed by atoms with Crippen molar-refractivity contribution in [3.63, 3.8) is 0 Å². The van der Waals surface area contributed by atoms with Crippen LogP contribution < -0.4 is 0 Å². The van der Waals surface area contributed by atoms with Crippen molar-refractivity contribution >= 4 is 0 Å². The van der Waals surface area contributed by atoms with Gasteiger partial charge >= 0.3 is 0 Å². The van der Waals surface area contributed by atoms with Gasteiger partial charge in [-0.1, -0.05) is 30.3 Å². The van der Waals surface area contributed by atoms with Gasteiger partial charge in [0, 0.05) is 12.6 Å². The molecule has 0 saturated heterocycles. The quantitative estimate of drug-likeness (QED) is 0.867. The van der Waals surface area contributed by atoms with E-state index in [-0.39, 0.29) is 12.6 Å². The van der Waals surface area contributed by atoms with Gasteiger partial charge in [0.05, 0.1) is 12.7 Å². The highest BCUT2D eigenvalue weighted by Gasteiger charge is 2.18. The van der Waals surface area contributed by atoms with Crippen molar-refractivity contribution < 1.29 is 9.52 Å². The van der Waals surface area contributed by atoms with Crippen LogP contribution in [-0.2, 0) is 6.54 Å². The molecular weight excluding hydrogens is 240 g/mol. The van der Waals surface area contributed by atoms with Gasteiger partial charge in [-0.25, -0.2) is 4.98 Å². The van der Waals surface area contributed by atoms with Crippen LogP contribution in [0.1, 0.15) is 29.7 Å². The molecule has 1 heterocycles. The number of hydrogen-bond acceptors (Lipinski definition) is 4. The minimum absolute atomic E-state index is 0.161. The molecule has 1 atom stereocenters. The van der Waals surface area contributed by atoms with E-state index >= 15 is 0 Å². The second-order valence-electron chi connectivity index (χ2n) is 4.72. The van der Waals surface area contributed by atoms with Crippen LogP contribution >= 0.6 is 0 Å². The van der Waals surface area contributed by atoms with Crippen LogP contribution in [0.15, 0.2) is 40.9 Å². The van der Waals surface area contributed by atoms with E-state index in [9.17, 15) is 5.11 Å². The van der Waals surface area contributed by atoms with E-state index < -0.39 is 0 Å². The van der Waals surface area contributed by atoms with E-state index in [1.165, 1.54) is 5.56 Å². The lowest BCUT2D eigenvalue weighted by Gasteiger charge is -2.26. The van der Waals surface area contributed by atoms with E-state index in [1.807, 2.05) is 32.2 Å². The van der Waals surface area contributed by atoms with E-state index in [0.29, 0.717) is 18.9 Å². The van der Waals surface area contributed by atoms with Gasteiger partial charge in [0.2, 0.25) is 5.89 Å². The molecule has 0 radical (unpaired) electrons. The number of nitrogens with zero attached hydrogens (tertiary/aromatic N) is 2. The molecule has 1 N–H and O–H groups in total. The first-order valence-electron chi connectivity index (χ1n) is 6.48. The van der Waals surface area contributed by atoms with Crippen molar-refractivity contribution in [1.82, 2.24) is 9.88 Å². The van der Waals surface area contributed by atoms with Crippen molar-refractivity contribution in [2.24, 2.45) is 0 Å². The van der Waals surface area contributed by atoms with Crippen LogP contribution in [0.25, 0.3) is 0 Å². The minimum atomic E-state index is 0.161. The smallest absolute Gasteiger partial charge is 0.208 e. The summed E-state index contributed by atoms with van der Waals surface area (Å²) in [7, 11) is 2.02. The summed E-state index contributed by atoms with van der Waals surface area (Å²) in [5.74, 6) is 1.53. The van der Waals surface area contributed by atoms with Gasteiger partial charge < -0.3 is 9.52 Å². The Hall–Kier alpha value is -1.65.